The Balaban J connectivity index is 2.13. The molecule has 0 spiro atoms. The number of aromatic nitrogens is 2. The zero-order chi connectivity index (χ0) is 14.0. The number of hydrogen-bond acceptors (Lipinski definition) is 3. The van der Waals surface area contributed by atoms with E-state index < -0.39 is 10.0 Å². The van der Waals surface area contributed by atoms with E-state index in [1.165, 1.54) is 0 Å². The Kier molecular flexibility index (Phi) is 4.30. The minimum Gasteiger partial charge on any atom is -0.334 e. The van der Waals surface area contributed by atoms with Gasteiger partial charge < -0.3 is 4.57 Å². The van der Waals surface area contributed by atoms with Crippen molar-refractivity contribution in [2.45, 2.75) is 64.1 Å². The Hall–Kier alpha value is -0.880. The molecule has 2 atom stereocenters. The van der Waals surface area contributed by atoms with E-state index in [4.69, 9.17) is 0 Å². The second kappa shape index (κ2) is 5.63. The molecule has 19 heavy (non-hydrogen) atoms. The molecule has 0 aliphatic heterocycles. The molecule has 1 aliphatic carbocycles. The van der Waals surface area contributed by atoms with Gasteiger partial charge in [0.2, 0.25) is 0 Å². The van der Waals surface area contributed by atoms with Gasteiger partial charge in [-0.25, -0.2) is 18.1 Å². The van der Waals surface area contributed by atoms with E-state index >= 15 is 0 Å². The maximum atomic E-state index is 12.3. The molecule has 1 aromatic rings. The molecule has 1 heterocycles. The van der Waals surface area contributed by atoms with E-state index in [0.29, 0.717) is 5.92 Å². The number of imidazole rings is 1. The highest BCUT2D eigenvalue weighted by Crippen LogP contribution is 2.25. The standard InChI is InChI=1S/C13H23N3O2S/c1-4-7-16-9-13(14-11(16)3)19(17,18)15-12-6-5-10(2)8-12/h9-10,12,15H,4-8H2,1-3H3. The first-order valence-corrected chi connectivity index (χ1v) is 8.46. The van der Waals surface area contributed by atoms with Gasteiger partial charge in [-0.1, -0.05) is 13.8 Å². The quantitative estimate of drug-likeness (QED) is 0.900. The Labute approximate surface area is 115 Å². The summed E-state index contributed by atoms with van der Waals surface area (Å²) in [5.41, 5.74) is 0. The van der Waals surface area contributed by atoms with Crippen LogP contribution in [0.4, 0.5) is 0 Å². The van der Waals surface area contributed by atoms with E-state index in [1.807, 2.05) is 11.5 Å². The summed E-state index contributed by atoms with van der Waals surface area (Å²) in [6, 6.07) is 0.0663. The van der Waals surface area contributed by atoms with Gasteiger partial charge in [0.15, 0.2) is 5.03 Å². The van der Waals surface area contributed by atoms with Gasteiger partial charge in [-0.3, -0.25) is 0 Å². The summed E-state index contributed by atoms with van der Waals surface area (Å²) >= 11 is 0. The number of aryl methyl sites for hydroxylation is 2. The average molecular weight is 285 g/mol. The molecule has 1 N–H and O–H groups in total. The molecule has 6 heteroatoms. The van der Waals surface area contributed by atoms with Crippen molar-refractivity contribution in [3.05, 3.63) is 12.0 Å². The van der Waals surface area contributed by atoms with Crippen LogP contribution in [0.1, 0.15) is 45.4 Å². The topological polar surface area (TPSA) is 64.0 Å². The molecule has 1 aromatic heterocycles. The first-order chi connectivity index (χ1) is 8.92. The Morgan fingerprint density at radius 1 is 1.47 bits per heavy atom. The maximum absolute atomic E-state index is 12.3. The second-order valence-corrected chi connectivity index (χ2v) is 7.22. The van der Waals surface area contributed by atoms with Gasteiger partial charge in [0.1, 0.15) is 5.82 Å². The third kappa shape index (κ3) is 3.36. The molecule has 108 valence electrons. The van der Waals surface area contributed by atoms with Gasteiger partial charge in [-0.2, -0.15) is 0 Å². The van der Waals surface area contributed by atoms with Crippen molar-refractivity contribution >= 4 is 10.0 Å². The Morgan fingerprint density at radius 3 is 2.79 bits per heavy atom. The summed E-state index contributed by atoms with van der Waals surface area (Å²) in [4.78, 5) is 4.17. The van der Waals surface area contributed by atoms with Crippen molar-refractivity contribution in [2.24, 2.45) is 5.92 Å². The molecule has 2 unspecified atom stereocenters. The molecule has 1 aliphatic rings. The van der Waals surface area contributed by atoms with Crippen molar-refractivity contribution < 1.29 is 8.42 Å². The normalized spacial score (nSPS) is 23.9. The van der Waals surface area contributed by atoms with Gasteiger partial charge in [-0.05, 0) is 38.5 Å². The van der Waals surface area contributed by atoms with Gasteiger partial charge in [0.05, 0.1) is 0 Å². The number of rotatable bonds is 5. The van der Waals surface area contributed by atoms with Crippen molar-refractivity contribution in [3.8, 4) is 0 Å². The summed E-state index contributed by atoms with van der Waals surface area (Å²) in [6.45, 7) is 6.86. The van der Waals surface area contributed by atoms with Crippen LogP contribution in [0.15, 0.2) is 11.2 Å². The average Bonchev–Trinajstić information content (AvgIpc) is 2.87. The lowest BCUT2D eigenvalue weighted by molar-refractivity contribution is 0.536. The predicted octanol–water partition coefficient (Wildman–Crippen LogP) is 2.07. The van der Waals surface area contributed by atoms with Gasteiger partial charge >= 0.3 is 0 Å². The largest absolute Gasteiger partial charge is 0.334 e. The summed E-state index contributed by atoms with van der Waals surface area (Å²) in [6.07, 6.45) is 5.54. The molecule has 0 saturated heterocycles. The maximum Gasteiger partial charge on any atom is 0.259 e. The molecular weight excluding hydrogens is 262 g/mol. The summed E-state index contributed by atoms with van der Waals surface area (Å²) < 4.78 is 29.2. The van der Waals surface area contributed by atoms with E-state index in [-0.39, 0.29) is 11.1 Å². The first-order valence-electron chi connectivity index (χ1n) is 6.98. The third-order valence-corrected chi connectivity index (χ3v) is 5.10. The lowest BCUT2D eigenvalue weighted by Crippen LogP contribution is -2.33. The fraction of sp³-hybridized carbons (Fsp3) is 0.769. The fourth-order valence-electron chi connectivity index (χ4n) is 2.67. The van der Waals surface area contributed by atoms with Crippen LogP contribution >= 0.6 is 0 Å². The van der Waals surface area contributed by atoms with Crippen molar-refractivity contribution in [3.63, 3.8) is 0 Å². The summed E-state index contributed by atoms with van der Waals surface area (Å²) in [7, 11) is -3.47. The summed E-state index contributed by atoms with van der Waals surface area (Å²) in [5.74, 6) is 1.36. The van der Waals surface area contributed by atoms with Crippen LogP contribution < -0.4 is 4.72 Å². The minimum atomic E-state index is -3.47. The molecular formula is C13H23N3O2S. The molecule has 2 rings (SSSR count). The number of nitrogens with one attached hydrogen (secondary N) is 1. The van der Waals surface area contributed by atoms with Crippen molar-refractivity contribution in [1.29, 1.82) is 0 Å². The monoisotopic (exact) mass is 285 g/mol. The highest BCUT2D eigenvalue weighted by molar-refractivity contribution is 7.89. The third-order valence-electron chi connectivity index (χ3n) is 3.71. The van der Waals surface area contributed by atoms with E-state index in [2.05, 4.69) is 23.6 Å². The van der Waals surface area contributed by atoms with Crippen LogP contribution in [-0.4, -0.2) is 24.0 Å². The first kappa shape index (κ1) is 14.5. The van der Waals surface area contributed by atoms with Crippen LogP contribution in [0, 0.1) is 12.8 Å². The van der Waals surface area contributed by atoms with Gasteiger partial charge in [-0.15, -0.1) is 0 Å². The molecule has 0 bridgehead atoms. The summed E-state index contributed by atoms with van der Waals surface area (Å²) in [5, 5.41) is 0.151. The zero-order valence-electron chi connectivity index (χ0n) is 11.9. The Morgan fingerprint density at radius 2 is 2.21 bits per heavy atom. The molecule has 0 radical (unpaired) electrons. The van der Waals surface area contributed by atoms with Crippen LogP contribution in [0.3, 0.4) is 0 Å². The van der Waals surface area contributed by atoms with Gasteiger partial charge in [0, 0.05) is 18.8 Å². The number of nitrogens with zero attached hydrogens (tertiary/aromatic N) is 2. The predicted molar refractivity (Wildman–Crippen MR) is 74.4 cm³/mol. The number of sulfonamides is 1. The minimum absolute atomic E-state index is 0.0663. The Bertz CT molecular complexity index is 536. The van der Waals surface area contributed by atoms with Crippen LogP contribution in [0.25, 0.3) is 0 Å². The van der Waals surface area contributed by atoms with Gasteiger partial charge in [0.25, 0.3) is 10.0 Å². The van der Waals surface area contributed by atoms with Crippen molar-refractivity contribution in [2.75, 3.05) is 0 Å². The second-order valence-electron chi connectivity index (χ2n) is 5.56. The highest BCUT2D eigenvalue weighted by atomic mass is 32.2. The molecule has 1 fully saturated rings. The zero-order valence-corrected chi connectivity index (χ0v) is 12.7. The highest BCUT2D eigenvalue weighted by Gasteiger charge is 2.28. The SMILES string of the molecule is CCCn1cc(S(=O)(=O)NC2CCC(C)C2)nc1C. The van der Waals surface area contributed by atoms with Crippen LogP contribution in [-0.2, 0) is 16.6 Å². The fourth-order valence-corrected chi connectivity index (χ4v) is 3.96. The molecule has 1 saturated carbocycles. The lowest BCUT2D eigenvalue weighted by Gasteiger charge is -2.11. The lowest BCUT2D eigenvalue weighted by atomic mass is 10.1. The smallest absolute Gasteiger partial charge is 0.259 e. The molecule has 0 aromatic carbocycles. The molecule has 5 nitrogen and oxygen atoms in total. The number of hydrogen-bond donors (Lipinski definition) is 1. The van der Waals surface area contributed by atoms with Crippen molar-refractivity contribution in [1.82, 2.24) is 14.3 Å². The van der Waals surface area contributed by atoms with E-state index in [0.717, 1.165) is 38.1 Å². The molecule has 0 amide bonds. The van der Waals surface area contributed by atoms with Crippen LogP contribution in [0.5, 0.6) is 0 Å². The van der Waals surface area contributed by atoms with Crippen LogP contribution in [0.2, 0.25) is 0 Å². The van der Waals surface area contributed by atoms with E-state index in [1.54, 1.807) is 6.20 Å². The van der Waals surface area contributed by atoms with E-state index in [9.17, 15) is 8.42 Å².